The maximum Gasteiger partial charge on any atom is 0.220 e. The van der Waals surface area contributed by atoms with Crippen LogP contribution in [0, 0.1) is 0 Å². The van der Waals surface area contributed by atoms with Crippen LogP contribution in [-0.2, 0) is 33.2 Å². The van der Waals surface area contributed by atoms with E-state index >= 15 is 0 Å². The third-order valence-electron chi connectivity index (χ3n) is 15.8. The quantitative estimate of drug-likeness (QED) is 0.0220. The van der Waals surface area contributed by atoms with Gasteiger partial charge >= 0.3 is 0 Å². The third-order valence-corrected chi connectivity index (χ3v) is 15.8. The molecule has 3 aliphatic heterocycles. The number of unbranched alkanes of at least 4 members (excludes halogenated alkanes) is 23. The number of allylic oxidation sites excluding steroid dienone is 9. The fourth-order valence-electron chi connectivity index (χ4n) is 10.6. The van der Waals surface area contributed by atoms with E-state index in [-0.39, 0.29) is 18.9 Å². The number of hydrogen-bond donors (Lipinski definition) is 12. The Balaban J connectivity index is 1.49. The molecule has 1 amide bonds. The number of carbonyl (C=O) groups excluding carboxylic acids is 1. The Morgan fingerprint density at radius 1 is 0.446 bits per heavy atom. The van der Waals surface area contributed by atoms with Crippen molar-refractivity contribution in [2.45, 2.75) is 311 Å². The SMILES string of the molecule is CC/C=C\C/C=C\C/C=C\CCCCCCCC(=O)NC(COC1OC(CO)C(OC2OC(CO)C(OC3OC(CO)C(O)C(O)C3O)C(O)C2O)C(O)C1O)C(O)/C=C/CC/C=C/CCCCCCCCCCCCCCCCCCC. The topological polar surface area (TPSA) is 307 Å². The van der Waals surface area contributed by atoms with Gasteiger partial charge < -0.3 is 89.9 Å². The molecule has 19 heteroatoms. The van der Waals surface area contributed by atoms with Crippen molar-refractivity contribution in [2.24, 2.45) is 0 Å². The molecule has 0 aliphatic carbocycles. The highest BCUT2D eigenvalue weighted by molar-refractivity contribution is 5.76. The summed E-state index contributed by atoms with van der Waals surface area (Å²) < 4.78 is 34.2. The van der Waals surface area contributed by atoms with E-state index in [1.165, 1.54) is 103 Å². The van der Waals surface area contributed by atoms with Crippen molar-refractivity contribution >= 4 is 5.91 Å². The fraction of sp³-hybridized carbons (Fsp3) is 0.828. The number of rotatable bonds is 47. The van der Waals surface area contributed by atoms with E-state index < -0.39 is 124 Å². The number of carbonyl (C=O) groups is 1. The molecule has 17 unspecified atom stereocenters. The van der Waals surface area contributed by atoms with Crippen LogP contribution in [-0.4, -0.2) is 193 Å². The average Bonchev–Trinajstić information content (AvgIpc) is 3.15. The third kappa shape index (κ3) is 29.8. The lowest BCUT2D eigenvalue weighted by molar-refractivity contribution is -0.379. The predicted octanol–water partition coefficient (Wildman–Crippen LogP) is 6.82. The van der Waals surface area contributed by atoms with Crippen LogP contribution in [0.15, 0.2) is 60.8 Å². The summed E-state index contributed by atoms with van der Waals surface area (Å²) in [4.78, 5) is 13.3. The fourth-order valence-corrected chi connectivity index (χ4v) is 10.6. The van der Waals surface area contributed by atoms with E-state index in [0.29, 0.717) is 12.8 Å². The summed E-state index contributed by atoms with van der Waals surface area (Å²) in [5.74, 6) is -0.304. The summed E-state index contributed by atoms with van der Waals surface area (Å²) in [7, 11) is 0. The smallest absolute Gasteiger partial charge is 0.220 e. The minimum absolute atomic E-state index is 0.214. The van der Waals surface area contributed by atoms with Crippen molar-refractivity contribution in [2.75, 3.05) is 26.4 Å². The van der Waals surface area contributed by atoms with Gasteiger partial charge in [0.25, 0.3) is 0 Å². The Morgan fingerprint density at radius 2 is 0.843 bits per heavy atom. The Kier molecular flexibility index (Phi) is 42.0. The van der Waals surface area contributed by atoms with Crippen molar-refractivity contribution in [1.82, 2.24) is 5.32 Å². The summed E-state index contributed by atoms with van der Waals surface area (Å²) in [5.41, 5.74) is 0. The predicted molar refractivity (Wildman–Crippen MR) is 318 cm³/mol. The molecule has 0 saturated carbocycles. The van der Waals surface area contributed by atoms with Gasteiger partial charge in [-0.1, -0.05) is 197 Å². The zero-order valence-corrected chi connectivity index (χ0v) is 50.4. The van der Waals surface area contributed by atoms with Crippen molar-refractivity contribution < 1.29 is 89.4 Å². The lowest BCUT2D eigenvalue weighted by Gasteiger charge is -2.48. The highest BCUT2D eigenvalue weighted by Gasteiger charge is 2.53. The molecule has 83 heavy (non-hydrogen) atoms. The number of ether oxygens (including phenoxy) is 6. The van der Waals surface area contributed by atoms with Crippen LogP contribution in [0.3, 0.4) is 0 Å². The molecule has 12 N–H and O–H groups in total. The highest BCUT2D eigenvalue weighted by Crippen LogP contribution is 2.33. The lowest BCUT2D eigenvalue weighted by Crippen LogP contribution is -2.66. The van der Waals surface area contributed by atoms with Crippen LogP contribution < -0.4 is 5.32 Å². The largest absolute Gasteiger partial charge is 0.394 e. The standard InChI is InChI=1S/C64H113NO18/c1-3-5-7-9-11-13-15-17-19-20-21-22-23-24-25-26-28-29-31-33-35-37-39-41-48(69)47(65-52(70)42-40-38-36-34-32-30-27-18-16-14-12-10-8-6-4-2)46-78-62-58(76)55(73)60(50(44-67)80-62)83-64-59(77)56(74)61(51(45-68)81-64)82-63-57(75)54(72)53(71)49(43-66)79-63/h6,8,12,14,18,27,31,33,39,41,47-51,53-64,66-69,71-77H,3-5,7,9-11,13,15-17,19-26,28-30,32,34-38,40,42-46H2,1-2H3,(H,65,70)/b8-6-,14-12-,27-18-,33-31+,41-39+. The van der Waals surface area contributed by atoms with E-state index in [9.17, 15) is 61.0 Å². The van der Waals surface area contributed by atoms with Gasteiger partial charge in [0.15, 0.2) is 18.9 Å². The van der Waals surface area contributed by atoms with Crippen LogP contribution in [0.5, 0.6) is 0 Å². The number of aliphatic hydroxyl groups is 11. The molecule has 0 aromatic heterocycles. The van der Waals surface area contributed by atoms with E-state index in [1.807, 2.05) is 6.08 Å². The van der Waals surface area contributed by atoms with Crippen molar-refractivity contribution in [3.8, 4) is 0 Å². The van der Waals surface area contributed by atoms with Gasteiger partial charge in [-0.3, -0.25) is 4.79 Å². The minimum atomic E-state index is -1.98. The summed E-state index contributed by atoms with van der Waals surface area (Å²) in [6.07, 6.45) is 27.8. The lowest BCUT2D eigenvalue weighted by atomic mass is 9.96. The first-order valence-corrected chi connectivity index (χ1v) is 32.0. The Hall–Kier alpha value is -2.51. The summed E-state index contributed by atoms with van der Waals surface area (Å²) >= 11 is 0. The Bertz CT molecular complexity index is 1750. The van der Waals surface area contributed by atoms with Crippen LogP contribution in [0.25, 0.3) is 0 Å². The van der Waals surface area contributed by atoms with Crippen LogP contribution >= 0.6 is 0 Å². The van der Waals surface area contributed by atoms with E-state index in [2.05, 4.69) is 67.8 Å². The van der Waals surface area contributed by atoms with Crippen LogP contribution in [0.1, 0.15) is 206 Å². The molecule has 3 aliphatic rings. The molecule has 0 bridgehead atoms. The molecule has 0 aromatic carbocycles. The number of nitrogens with one attached hydrogen (secondary N) is 1. The second-order valence-corrected chi connectivity index (χ2v) is 22.8. The first-order valence-electron chi connectivity index (χ1n) is 32.0. The van der Waals surface area contributed by atoms with Crippen LogP contribution in [0.4, 0.5) is 0 Å². The van der Waals surface area contributed by atoms with E-state index in [0.717, 1.165) is 70.6 Å². The second-order valence-electron chi connectivity index (χ2n) is 22.8. The summed E-state index contributed by atoms with van der Waals surface area (Å²) in [6.45, 7) is 1.58. The van der Waals surface area contributed by atoms with E-state index in [4.69, 9.17) is 28.4 Å². The molecular weight excluding hydrogens is 1070 g/mol. The van der Waals surface area contributed by atoms with Gasteiger partial charge in [0.1, 0.15) is 73.2 Å². The highest BCUT2D eigenvalue weighted by atomic mass is 16.8. The zero-order valence-electron chi connectivity index (χ0n) is 50.4. The summed E-state index contributed by atoms with van der Waals surface area (Å²) in [5, 5.41) is 120. The maximum absolute atomic E-state index is 13.3. The van der Waals surface area contributed by atoms with Crippen molar-refractivity contribution in [3.63, 3.8) is 0 Å². The molecule has 19 nitrogen and oxygen atoms in total. The Morgan fingerprint density at radius 3 is 1.35 bits per heavy atom. The minimum Gasteiger partial charge on any atom is -0.394 e. The van der Waals surface area contributed by atoms with Gasteiger partial charge in [0.05, 0.1) is 38.6 Å². The van der Waals surface area contributed by atoms with Gasteiger partial charge in [-0.2, -0.15) is 0 Å². The molecule has 3 fully saturated rings. The van der Waals surface area contributed by atoms with Gasteiger partial charge in [-0.15, -0.1) is 0 Å². The molecule has 17 atom stereocenters. The molecule has 0 aromatic rings. The van der Waals surface area contributed by atoms with Crippen LogP contribution in [0.2, 0.25) is 0 Å². The molecule has 482 valence electrons. The normalized spacial score (nSPS) is 29.8. The average molecular weight is 1180 g/mol. The maximum atomic E-state index is 13.3. The van der Waals surface area contributed by atoms with Gasteiger partial charge in [0, 0.05) is 6.42 Å². The monoisotopic (exact) mass is 1180 g/mol. The molecule has 3 rings (SSSR count). The van der Waals surface area contributed by atoms with Crippen molar-refractivity contribution in [3.05, 3.63) is 60.8 Å². The first kappa shape index (κ1) is 74.7. The summed E-state index contributed by atoms with van der Waals surface area (Å²) in [6, 6.07) is -1.00. The molecule has 3 saturated heterocycles. The molecular formula is C64H113NO18. The van der Waals surface area contributed by atoms with E-state index in [1.54, 1.807) is 6.08 Å². The second kappa shape index (κ2) is 46.6. The van der Waals surface area contributed by atoms with Crippen molar-refractivity contribution in [1.29, 1.82) is 0 Å². The molecule has 0 radical (unpaired) electrons. The number of amides is 1. The number of aliphatic hydroxyl groups excluding tert-OH is 11. The number of hydrogen-bond acceptors (Lipinski definition) is 18. The zero-order chi connectivity index (χ0) is 60.5. The van der Waals surface area contributed by atoms with Gasteiger partial charge in [-0.25, -0.2) is 0 Å². The molecule has 3 heterocycles. The Labute approximate surface area is 496 Å². The molecule has 0 spiro atoms. The van der Waals surface area contributed by atoms with Gasteiger partial charge in [-0.05, 0) is 64.2 Å². The first-order chi connectivity index (χ1) is 40.3. The van der Waals surface area contributed by atoms with Gasteiger partial charge in [0.2, 0.25) is 5.91 Å².